The van der Waals surface area contributed by atoms with Gasteiger partial charge in [-0.05, 0) is 109 Å². The number of nitrogens with zero attached hydrogens (tertiary/aromatic N) is 2. The first-order valence-corrected chi connectivity index (χ1v) is 14.2. The van der Waals surface area contributed by atoms with Crippen LogP contribution in [0.2, 0.25) is 0 Å². The highest BCUT2D eigenvalue weighted by Crippen LogP contribution is 2.39. The highest BCUT2D eigenvalue weighted by molar-refractivity contribution is 5.79. The largest absolute Gasteiger partial charge is 0.493 e. The molecule has 0 spiro atoms. The molecule has 35 heavy (non-hydrogen) atoms. The van der Waals surface area contributed by atoms with E-state index >= 15 is 0 Å². The molecular formula is C33H46N2. The highest BCUT2D eigenvalue weighted by atomic mass is 15.2. The summed E-state index contributed by atoms with van der Waals surface area (Å²) in [5.74, 6) is 0. The van der Waals surface area contributed by atoms with E-state index < -0.39 is 0 Å². The van der Waals surface area contributed by atoms with Gasteiger partial charge < -0.3 is 5.53 Å². The van der Waals surface area contributed by atoms with Crippen LogP contribution < -0.4 is 0 Å². The summed E-state index contributed by atoms with van der Waals surface area (Å²) in [5, 5.41) is 0. The summed E-state index contributed by atoms with van der Waals surface area (Å²) >= 11 is 0. The Balaban J connectivity index is 2.15. The molecule has 0 bridgehead atoms. The van der Waals surface area contributed by atoms with Crippen molar-refractivity contribution in [3.05, 3.63) is 86.0 Å². The Bertz CT molecular complexity index is 1080. The van der Waals surface area contributed by atoms with E-state index in [9.17, 15) is 5.53 Å². The smallest absolute Gasteiger partial charge is 0.210 e. The summed E-state index contributed by atoms with van der Waals surface area (Å²) in [6, 6.07) is 9.30. The molecule has 0 amide bonds. The van der Waals surface area contributed by atoms with Gasteiger partial charge in [0, 0.05) is 22.8 Å². The highest BCUT2D eigenvalue weighted by Gasteiger charge is 2.30. The Morgan fingerprint density at radius 2 is 1.06 bits per heavy atom. The lowest BCUT2D eigenvalue weighted by Gasteiger charge is -2.17. The molecule has 0 unspecified atom stereocenters. The maximum atomic E-state index is 11.7. The topological polar surface area (TPSA) is 25.3 Å². The number of aryl methyl sites for hydroxylation is 4. The zero-order chi connectivity index (χ0) is 25.5. The van der Waals surface area contributed by atoms with Crippen molar-refractivity contribution in [2.45, 2.75) is 113 Å². The van der Waals surface area contributed by atoms with Crippen molar-refractivity contribution in [1.82, 2.24) is 0 Å². The van der Waals surface area contributed by atoms with Crippen LogP contribution in [-0.2, 0) is 38.5 Å². The first-order chi connectivity index (χ1) is 17.0. The molecule has 1 aliphatic rings. The van der Waals surface area contributed by atoms with E-state index in [-0.39, 0.29) is 0 Å². The third kappa shape index (κ3) is 5.52. The Morgan fingerprint density at radius 3 is 1.46 bits per heavy atom. The van der Waals surface area contributed by atoms with Gasteiger partial charge in [0.2, 0.25) is 11.4 Å². The predicted molar refractivity (Wildman–Crippen MR) is 152 cm³/mol. The number of hydrogen-bond acceptors (Lipinski definition) is 0. The summed E-state index contributed by atoms with van der Waals surface area (Å²) in [6.07, 6.45) is 13.0. The second-order valence-electron chi connectivity index (χ2n) is 9.84. The number of unbranched alkanes of at least 4 members (excludes halogenated alkanes) is 2. The molecule has 1 aliphatic heterocycles. The van der Waals surface area contributed by atoms with Gasteiger partial charge in [0.15, 0.2) is 0 Å². The maximum absolute atomic E-state index is 11.7. The minimum Gasteiger partial charge on any atom is -0.493 e. The third-order valence-electron chi connectivity index (χ3n) is 7.77. The van der Waals surface area contributed by atoms with Crippen molar-refractivity contribution in [1.29, 1.82) is 0 Å². The van der Waals surface area contributed by atoms with Gasteiger partial charge >= 0.3 is 0 Å². The molecule has 3 rings (SSSR count). The average molecular weight is 471 g/mol. The molecule has 0 saturated carbocycles. The van der Waals surface area contributed by atoms with E-state index in [2.05, 4.69) is 78.8 Å². The molecule has 0 aliphatic carbocycles. The van der Waals surface area contributed by atoms with Gasteiger partial charge in [0.05, 0.1) is 0 Å². The first kappa shape index (κ1) is 27.1. The van der Waals surface area contributed by atoms with Crippen LogP contribution in [0.1, 0.15) is 119 Å². The van der Waals surface area contributed by atoms with Crippen LogP contribution >= 0.6 is 0 Å². The van der Waals surface area contributed by atoms with E-state index in [1.165, 1.54) is 56.5 Å². The zero-order valence-electron chi connectivity index (χ0n) is 23.4. The molecule has 2 aromatic carbocycles. The summed E-state index contributed by atoms with van der Waals surface area (Å²) in [5.41, 5.74) is 25.8. The van der Waals surface area contributed by atoms with Gasteiger partial charge in [-0.1, -0.05) is 61.3 Å². The lowest BCUT2D eigenvalue weighted by molar-refractivity contribution is -0.344. The van der Waals surface area contributed by atoms with Crippen LogP contribution in [0.5, 0.6) is 0 Å². The van der Waals surface area contributed by atoms with Crippen LogP contribution in [0, 0.1) is 0 Å². The molecule has 0 fully saturated rings. The van der Waals surface area contributed by atoms with E-state index in [4.69, 9.17) is 0 Å². The molecule has 2 nitrogen and oxygen atoms in total. The SMILES string of the molecule is CCCCCC1=C(c2cc(CC)c(CC)c(CC)c2)[N+](=[N-])C(c2cc(CC)c(CC)c(CC)c2)=C1. The standard InChI is InChI=1S/C33H46N2/c1-8-15-16-17-27-22-32(28-18-23(9-2)30(13-6)24(10-3)19-28)35(34)33(27)29-20-25(11-4)31(14-7)26(12-5)21-29/h18-22H,8-17H2,1-7H3. The fraction of sp³-hybridized carbons (Fsp3) is 0.515. The van der Waals surface area contributed by atoms with Gasteiger partial charge in [-0.25, -0.2) is 4.70 Å². The molecule has 0 radical (unpaired) electrons. The lowest BCUT2D eigenvalue weighted by Crippen LogP contribution is -2.07. The van der Waals surface area contributed by atoms with Crippen molar-refractivity contribution in [3.63, 3.8) is 0 Å². The lowest BCUT2D eigenvalue weighted by atomic mass is 9.91. The van der Waals surface area contributed by atoms with Crippen LogP contribution in [0.15, 0.2) is 35.9 Å². The molecule has 1 heterocycles. The Labute approximate surface area is 214 Å². The minimum absolute atomic E-state index is 0.925. The molecule has 0 N–H and O–H groups in total. The molecule has 2 heteroatoms. The van der Waals surface area contributed by atoms with Crippen LogP contribution in [0.25, 0.3) is 16.9 Å². The Hall–Kier alpha value is -2.48. The third-order valence-corrected chi connectivity index (χ3v) is 7.77. The van der Waals surface area contributed by atoms with Crippen LogP contribution in [-0.4, -0.2) is 4.70 Å². The first-order valence-electron chi connectivity index (χ1n) is 14.2. The number of rotatable bonds is 12. The van der Waals surface area contributed by atoms with Crippen LogP contribution in [0.4, 0.5) is 0 Å². The molecule has 2 aromatic rings. The summed E-state index contributed by atoms with van der Waals surface area (Å²) in [7, 11) is 0. The van der Waals surface area contributed by atoms with E-state index in [1.54, 1.807) is 0 Å². The minimum atomic E-state index is 0.925. The average Bonchev–Trinajstić information content (AvgIpc) is 3.22. The second kappa shape index (κ2) is 12.5. The maximum Gasteiger partial charge on any atom is 0.210 e. The van der Waals surface area contributed by atoms with Gasteiger partial charge in [-0.15, -0.1) is 0 Å². The Morgan fingerprint density at radius 1 is 0.600 bits per heavy atom. The van der Waals surface area contributed by atoms with Crippen LogP contribution in [0.3, 0.4) is 0 Å². The molecule has 188 valence electrons. The van der Waals surface area contributed by atoms with Crippen molar-refractivity contribution >= 4 is 11.4 Å². The molecular weight excluding hydrogens is 424 g/mol. The van der Waals surface area contributed by atoms with Gasteiger partial charge in [0.25, 0.3) is 0 Å². The molecule has 0 atom stereocenters. The van der Waals surface area contributed by atoms with E-state index in [0.717, 1.165) is 73.9 Å². The summed E-state index contributed by atoms with van der Waals surface area (Å²) in [4.78, 5) is 0. The molecule has 0 saturated heterocycles. The second-order valence-corrected chi connectivity index (χ2v) is 9.84. The van der Waals surface area contributed by atoms with Gasteiger partial charge in [0.1, 0.15) is 0 Å². The van der Waals surface area contributed by atoms with Crippen molar-refractivity contribution in [2.75, 3.05) is 0 Å². The fourth-order valence-corrected chi connectivity index (χ4v) is 5.87. The zero-order valence-corrected chi connectivity index (χ0v) is 23.4. The van der Waals surface area contributed by atoms with E-state index in [1.807, 2.05) is 0 Å². The predicted octanol–water partition coefficient (Wildman–Crippen LogP) is 9.44. The number of hydrogen-bond donors (Lipinski definition) is 0. The number of allylic oxidation sites excluding steroid dienone is 2. The van der Waals surface area contributed by atoms with Gasteiger partial charge in [-0.2, -0.15) is 0 Å². The van der Waals surface area contributed by atoms with Gasteiger partial charge in [-0.3, -0.25) is 0 Å². The number of benzene rings is 2. The van der Waals surface area contributed by atoms with Crippen molar-refractivity contribution in [3.8, 4) is 0 Å². The molecule has 0 aromatic heterocycles. The monoisotopic (exact) mass is 470 g/mol. The van der Waals surface area contributed by atoms with Crippen molar-refractivity contribution in [2.24, 2.45) is 0 Å². The normalized spacial score (nSPS) is 13.7. The quantitative estimate of drug-likeness (QED) is 0.218. The summed E-state index contributed by atoms with van der Waals surface area (Å²) in [6.45, 7) is 15.7. The van der Waals surface area contributed by atoms with Crippen molar-refractivity contribution < 1.29 is 4.70 Å². The Kier molecular flexibility index (Phi) is 9.66. The fourth-order valence-electron chi connectivity index (χ4n) is 5.87. The summed E-state index contributed by atoms with van der Waals surface area (Å²) < 4.78 is 1.50. The van der Waals surface area contributed by atoms with E-state index in [0.29, 0.717) is 0 Å².